The van der Waals surface area contributed by atoms with Crippen LogP contribution in [0.5, 0.6) is 5.75 Å². The number of nitrogens with zero attached hydrogens (tertiary/aromatic N) is 1. The van der Waals surface area contributed by atoms with Crippen molar-refractivity contribution >= 4 is 17.4 Å². The summed E-state index contributed by atoms with van der Waals surface area (Å²) in [5.41, 5.74) is 2.76. The highest BCUT2D eigenvalue weighted by Crippen LogP contribution is 2.30. The third-order valence-corrected chi connectivity index (χ3v) is 4.73. The highest BCUT2D eigenvalue weighted by Gasteiger charge is 2.30. The van der Waals surface area contributed by atoms with E-state index in [4.69, 9.17) is 4.74 Å². The molecule has 2 aromatic rings. The van der Waals surface area contributed by atoms with Gasteiger partial charge >= 0.3 is 0 Å². The first kappa shape index (κ1) is 14.9. The van der Waals surface area contributed by atoms with Crippen LogP contribution in [-0.4, -0.2) is 24.8 Å². The number of carbonyl (C=O) groups excluding carboxylic acids is 2. The van der Waals surface area contributed by atoms with E-state index in [0.717, 1.165) is 24.2 Å². The molecule has 4 nitrogen and oxygen atoms in total. The van der Waals surface area contributed by atoms with Crippen LogP contribution in [0.2, 0.25) is 0 Å². The van der Waals surface area contributed by atoms with E-state index in [1.165, 1.54) is 0 Å². The lowest BCUT2D eigenvalue weighted by molar-refractivity contribution is -0.117. The summed E-state index contributed by atoms with van der Waals surface area (Å²) in [5.74, 6) is 1.30. The van der Waals surface area contributed by atoms with Gasteiger partial charge in [0, 0.05) is 25.1 Å². The molecule has 1 fully saturated rings. The first-order chi connectivity index (χ1) is 11.7. The van der Waals surface area contributed by atoms with E-state index in [0.29, 0.717) is 30.8 Å². The van der Waals surface area contributed by atoms with Gasteiger partial charge < -0.3 is 9.64 Å². The predicted octanol–water partition coefficient (Wildman–Crippen LogP) is 3.25. The van der Waals surface area contributed by atoms with Gasteiger partial charge in [-0.2, -0.15) is 0 Å². The van der Waals surface area contributed by atoms with Crippen molar-refractivity contribution in [3.8, 4) is 5.75 Å². The van der Waals surface area contributed by atoms with Crippen molar-refractivity contribution in [1.29, 1.82) is 0 Å². The lowest BCUT2D eigenvalue weighted by Gasteiger charge is -2.18. The summed E-state index contributed by atoms with van der Waals surface area (Å²) in [6, 6.07) is 15.6. The Hall–Kier alpha value is -2.62. The average molecular weight is 321 g/mol. The number of hydrogen-bond acceptors (Lipinski definition) is 3. The molecule has 0 aromatic heterocycles. The van der Waals surface area contributed by atoms with E-state index >= 15 is 0 Å². The van der Waals surface area contributed by atoms with Crippen molar-refractivity contribution in [1.82, 2.24) is 0 Å². The number of amides is 1. The van der Waals surface area contributed by atoms with Crippen molar-refractivity contribution < 1.29 is 14.3 Å². The Morgan fingerprint density at radius 3 is 2.75 bits per heavy atom. The molecule has 0 radical (unpaired) electrons. The van der Waals surface area contributed by atoms with E-state index < -0.39 is 0 Å². The first-order valence-corrected chi connectivity index (χ1v) is 8.35. The SMILES string of the molecule is O=C1CCOc2cc(C[C@H]3CC(=O)N(c4ccccc4)C3)ccc21. The van der Waals surface area contributed by atoms with Crippen molar-refractivity contribution in [3.63, 3.8) is 0 Å². The van der Waals surface area contributed by atoms with E-state index in [-0.39, 0.29) is 17.6 Å². The van der Waals surface area contributed by atoms with Gasteiger partial charge in [0.25, 0.3) is 0 Å². The van der Waals surface area contributed by atoms with E-state index in [1.807, 2.05) is 53.4 Å². The topological polar surface area (TPSA) is 46.6 Å². The Bertz CT molecular complexity index is 785. The quantitative estimate of drug-likeness (QED) is 0.872. The molecule has 1 atom stereocenters. The van der Waals surface area contributed by atoms with Crippen molar-refractivity contribution in [2.75, 3.05) is 18.1 Å². The van der Waals surface area contributed by atoms with Crippen molar-refractivity contribution in [3.05, 3.63) is 59.7 Å². The lowest BCUT2D eigenvalue weighted by Crippen LogP contribution is -2.24. The molecule has 0 unspecified atom stereocenters. The van der Waals surface area contributed by atoms with Crippen molar-refractivity contribution in [2.45, 2.75) is 19.3 Å². The Morgan fingerprint density at radius 1 is 1.08 bits per heavy atom. The summed E-state index contributed by atoms with van der Waals surface area (Å²) in [4.78, 5) is 26.0. The van der Waals surface area contributed by atoms with Gasteiger partial charge in [0.2, 0.25) is 5.91 Å². The molecule has 0 N–H and O–H groups in total. The summed E-state index contributed by atoms with van der Waals surface area (Å²) in [5, 5.41) is 0. The zero-order chi connectivity index (χ0) is 16.5. The minimum Gasteiger partial charge on any atom is -0.492 e. The Kier molecular flexibility index (Phi) is 3.81. The average Bonchev–Trinajstić information content (AvgIpc) is 2.96. The maximum Gasteiger partial charge on any atom is 0.227 e. The maximum absolute atomic E-state index is 12.3. The molecule has 2 aliphatic heterocycles. The number of rotatable bonds is 3. The van der Waals surface area contributed by atoms with E-state index in [1.54, 1.807) is 0 Å². The highest BCUT2D eigenvalue weighted by molar-refractivity contribution is 5.99. The lowest BCUT2D eigenvalue weighted by atomic mass is 9.95. The number of anilines is 1. The molecule has 0 bridgehead atoms. The van der Waals surface area contributed by atoms with Crippen LogP contribution >= 0.6 is 0 Å². The largest absolute Gasteiger partial charge is 0.492 e. The molecule has 24 heavy (non-hydrogen) atoms. The molecule has 0 spiro atoms. The number of Topliss-reactive ketones (excluding diaryl/α,β-unsaturated/α-hetero) is 1. The number of benzene rings is 2. The summed E-state index contributed by atoms with van der Waals surface area (Å²) in [7, 11) is 0. The van der Waals surface area contributed by atoms with Crippen LogP contribution in [-0.2, 0) is 11.2 Å². The third kappa shape index (κ3) is 2.80. The zero-order valence-electron chi connectivity index (χ0n) is 13.4. The number of ketones is 1. The number of hydrogen-bond donors (Lipinski definition) is 0. The Morgan fingerprint density at radius 2 is 1.92 bits per heavy atom. The van der Waals surface area contributed by atoms with E-state index in [2.05, 4.69) is 0 Å². The Labute approximate surface area is 141 Å². The molecule has 2 heterocycles. The smallest absolute Gasteiger partial charge is 0.227 e. The summed E-state index contributed by atoms with van der Waals surface area (Å²) in [6.45, 7) is 1.19. The molecular formula is C20H19NO3. The fourth-order valence-corrected chi connectivity index (χ4v) is 3.54. The second kappa shape index (κ2) is 6.11. The fourth-order valence-electron chi connectivity index (χ4n) is 3.54. The minimum atomic E-state index is 0.147. The van der Waals surface area contributed by atoms with Crippen LogP contribution in [0.15, 0.2) is 48.5 Å². The third-order valence-electron chi connectivity index (χ3n) is 4.73. The number of para-hydroxylation sites is 1. The van der Waals surface area contributed by atoms with Gasteiger partial charge in [-0.05, 0) is 42.2 Å². The van der Waals surface area contributed by atoms with Crippen LogP contribution in [0.3, 0.4) is 0 Å². The maximum atomic E-state index is 12.3. The molecule has 4 rings (SSSR count). The molecule has 1 amide bonds. The number of carbonyl (C=O) groups is 2. The fraction of sp³-hybridized carbons (Fsp3) is 0.300. The number of fused-ring (bicyclic) bond motifs is 1. The van der Waals surface area contributed by atoms with Gasteiger partial charge in [-0.25, -0.2) is 0 Å². The summed E-state index contributed by atoms with van der Waals surface area (Å²) >= 11 is 0. The molecule has 4 heteroatoms. The van der Waals surface area contributed by atoms with Gasteiger partial charge in [0.1, 0.15) is 5.75 Å². The van der Waals surface area contributed by atoms with Crippen LogP contribution in [0.1, 0.15) is 28.8 Å². The van der Waals surface area contributed by atoms with Crippen LogP contribution in [0.25, 0.3) is 0 Å². The summed E-state index contributed by atoms with van der Waals surface area (Å²) < 4.78 is 5.61. The molecule has 1 saturated heterocycles. The Balaban J connectivity index is 1.49. The number of ether oxygens (including phenoxy) is 1. The van der Waals surface area contributed by atoms with Crippen LogP contribution in [0.4, 0.5) is 5.69 Å². The molecular weight excluding hydrogens is 302 g/mol. The zero-order valence-corrected chi connectivity index (χ0v) is 13.4. The van der Waals surface area contributed by atoms with Gasteiger partial charge in [-0.3, -0.25) is 9.59 Å². The molecule has 0 saturated carbocycles. The second-order valence-corrected chi connectivity index (χ2v) is 6.47. The van der Waals surface area contributed by atoms with Gasteiger partial charge in [0.05, 0.1) is 12.2 Å². The minimum absolute atomic E-state index is 0.147. The van der Waals surface area contributed by atoms with Gasteiger partial charge in [-0.15, -0.1) is 0 Å². The molecule has 122 valence electrons. The van der Waals surface area contributed by atoms with Crippen LogP contribution < -0.4 is 9.64 Å². The predicted molar refractivity (Wildman–Crippen MR) is 91.5 cm³/mol. The molecule has 0 aliphatic carbocycles. The van der Waals surface area contributed by atoms with Gasteiger partial charge in [0.15, 0.2) is 5.78 Å². The molecule has 2 aromatic carbocycles. The standard InChI is InChI=1S/C20H19NO3/c22-18-8-9-24-19-11-14(6-7-17(18)19)10-15-12-20(23)21(13-15)16-4-2-1-3-5-16/h1-7,11,15H,8-10,12-13H2/t15-/m0/s1. The normalized spacial score (nSPS) is 20.0. The van der Waals surface area contributed by atoms with Crippen molar-refractivity contribution in [2.24, 2.45) is 5.92 Å². The van der Waals surface area contributed by atoms with Crippen LogP contribution in [0, 0.1) is 5.92 Å². The molecule has 2 aliphatic rings. The monoisotopic (exact) mass is 321 g/mol. The van der Waals surface area contributed by atoms with Gasteiger partial charge in [-0.1, -0.05) is 24.3 Å². The first-order valence-electron chi connectivity index (χ1n) is 8.35. The highest BCUT2D eigenvalue weighted by atomic mass is 16.5. The van der Waals surface area contributed by atoms with E-state index in [9.17, 15) is 9.59 Å². The second-order valence-electron chi connectivity index (χ2n) is 6.47. The summed E-state index contributed by atoms with van der Waals surface area (Å²) in [6.07, 6.45) is 1.83.